The lowest BCUT2D eigenvalue weighted by molar-refractivity contribution is -0.137. The number of carbonyl (C=O) groups excluding carboxylic acids is 8. The Balaban J connectivity index is 1.80. The van der Waals surface area contributed by atoms with Crippen LogP contribution >= 0.6 is 0 Å². The maximum absolute atomic E-state index is 14.6. The number of H-pyrrole nitrogens is 1. The Morgan fingerprint density at radius 3 is 1.94 bits per heavy atom. The Labute approximate surface area is 448 Å². The Bertz CT molecular complexity index is 2640. The van der Waals surface area contributed by atoms with E-state index in [4.69, 9.17) is 34.4 Å². The Hall–Kier alpha value is -8.43. The highest BCUT2D eigenvalue weighted by atomic mass is 19.4. The molecular weight excluding hydrogens is 1020 g/mol. The third-order valence-corrected chi connectivity index (χ3v) is 12.4. The molecule has 0 radical (unpaired) electrons. The summed E-state index contributed by atoms with van der Waals surface area (Å²) in [4.78, 5) is 123. The van der Waals surface area contributed by atoms with Crippen LogP contribution in [0.2, 0.25) is 0 Å². The number of benzene rings is 2. The van der Waals surface area contributed by atoms with Gasteiger partial charge < -0.3 is 81.9 Å². The van der Waals surface area contributed by atoms with Gasteiger partial charge in [0.05, 0.1) is 11.6 Å². The fourth-order valence-corrected chi connectivity index (χ4v) is 8.38. The molecule has 1 fully saturated rings. The minimum Gasteiger partial charge on any atom is -0.401 e. The van der Waals surface area contributed by atoms with Gasteiger partial charge in [-0.25, -0.2) is 0 Å². The third-order valence-electron chi connectivity index (χ3n) is 12.4. The van der Waals surface area contributed by atoms with E-state index in [-0.39, 0.29) is 114 Å². The maximum Gasteiger partial charge on any atom is 0.416 e. The van der Waals surface area contributed by atoms with Crippen LogP contribution in [0.25, 0.3) is 10.9 Å². The van der Waals surface area contributed by atoms with E-state index >= 15 is 0 Å². The molecular formula is C50H72F3N17O8. The molecule has 28 heteroatoms. The third kappa shape index (κ3) is 20.6. The summed E-state index contributed by atoms with van der Waals surface area (Å²) < 4.78 is 40.9. The largest absolute Gasteiger partial charge is 0.416 e. The zero-order chi connectivity index (χ0) is 57.5. The van der Waals surface area contributed by atoms with Crippen molar-refractivity contribution in [3.8, 4) is 0 Å². The molecule has 1 aliphatic rings. The zero-order valence-electron chi connectivity index (χ0n) is 43.3. The molecule has 0 bridgehead atoms. The molecule has 426 valence electrons. The number of aliphatic imine (C=N–C) groups is 2. The van der Waals surface area contributed by atoms with Crippen LogP contribution in [0.5, 0.6) is 0 Å². The Kier molecular flexibility index (Phi) is 24.2. The number of carbonyl (C=O) groups is 8. The van der Waals surface area contributed by atoms with Gasteiger partial charge in [-0.3, -0.25) is 48.3 Å². The number of halogens is 3. The van der Waals surface area contributed by atoms with Crippen molar-refractivity contribution in [2.75, 3.05) is 26.2 Å². The number of nitrogens with two attached hydrogens (primary N) is 6. The molecule has 1 aromatic heterocycles. The average Bonchev–Trinajstić information content (AvgIpc) is 3.79. The second-order valence-corrected chi connectivity index (χ2v) is 18.7. The van der Waals surface area contributed by atoms with Gasteiger partial charge in [0.25, 0.3) is 0 Å². The lowest BCUT2D eigenvalue weighted by atomic mass is 10.0. The van der Waals surface area contributed by atoms with E-state index in [1.165, 1.54) is 6.92 Å². The fraction of sp³-hybridized carbons (Fsp3) is 0.480. The van der Waals surface area contributed by atoms with Gasteiger partial charge in [-0.05, 0) is 87.2 Å². The molecule has 2 heterocycles. The predicted octanol–water partition coefficient (Wildman–Crippen LogP) is -2.00. The number of guanidine groups is 2. The first kappa shape index (κ1) is 62.1. The molecule has 7 atom stereocenters. The number of aromatic nitrogens is 1. The Morgan fingerprint density at radius 1 is 0.744 bits per heavy atom. The number of alkyl halides is 3. The summed E-state index contributed by atoms with van der Waals surface area (Å²) in [7, 11) is 0. The molecule has 1 saturated heterocycles. The fourth-order valence-electron chi connectivity index (χ4n) is 8.38. The van der Waals surface area contributed by atoms with Crippen LogP contribution in [0.3, 0.4) is 0 Å². The first-order valence-electron chi connectivity index (χ1n) is 25.3. The average molecular weight is 1100 g/mol. The number of hydrogen-bond acceptors (Lipinski definition) is 12. The number of nitrogens with one attached hydrogen (secondary N) is 9. The van der Waals surface area contributed by atoms with Gasteiger partial charge in [0, 0.05) is 68.6 Å². The zero-order valence-corrected chi connectivity index (χ0v) is 43.3. The molecule has 4 rings (SSSR count). The standard InChI is InChI=1S/C50H72F3N17O8/c1-27(55)33-10-5-21-60-41(72)18-17-37(67-42(73)35(64-28(2)71)11-6-22-61-48(56)57)44(75)68-38(19-20-54)45(76)69-39(24-29-13-15-31(16-14-29)50(51,52)53)46(77)66-36(12-7-23-62-49(58)59)43(74)70-40(47(78)65-33)25-30-26-63-34-9-4-3-8-32(30)34/h3-4,8-9,13-16,26,33,35-40,63H,1,5-7,10-12,17-25,54-55H2,2H3,(H,60,72)(H,64,71)(H,65,78)(H,66,77)(H,67,73)(H,68,75)(H,69,76)(H,70,74)(H4,56,57,61)(H4,58,59,62)/t33?,35-,36-,37-,38-,39+,40-/m0/s1. The summed E-state index contributed by atoms with van der Waals surface area (Å²) >= 11 is 0. The number of aromatic amines is 1. The highest BCUT2D eigenvalue weighted by molar-refractivity contribution is 5.97. The Morgan fingerprint density at radius 2 is 1.32 bits per heavy atom. The van der Waals surface area contributed by atoms with Gasteiger partial charge in [0.15, 0.2) is 11.9 Å². The molecule has 1 aliphatic heterocycles. The van der Waals surface area contributed by atoms with Crippen LogP contribution in [0.1, 0.15) is 81.4 Å². The molecule has 21 N–H and O–H groups in total. The molecule has 8 amide bonds. The van der Waals surface area contributed by atoms with Gasteiger partial charge in [-0.2, -0.15) is 13.2 Å². The van der Waals surface area contributed by atoms with E-state index in [0.717, 1.165) is 35.2 Å². The minimum absolute atomic E-state index is 0.0110. The predicted molar refractivity (Wildman–Crippen MR) is 285 cm³/mol. The van der Waals surface area contributed by atoms with Gasteiger partial charge in [-0.15, -0.1) is 0 Å². The first-order valence-corrected chi connectivity index (χ1v) is 25.3. The molecule has 78 heavy (non-hydrogen) atoms. The highest BCUT2D eigenvalue weighted by Crippen LogP contribution is 2.29. The topological polar surface area (TPSA) is 429 Å². The van der Waals surface area contributed by atoms with E-state index < -0.39 is 108 Å². The normalized spacial score (nSPS) is 21.0. The van der Waals surface area contributed by atoms with Gasteiger partial charge >= 0.3 is 6.18 Å². The summed E-state index contributed by atoms with van der Waals surface area (Å²) in [5.41, 5.74) is 34.6. The van der Waals surface area contributed by atoms with Crippen molar-refractivity contribution < 1.29 is 51.5 Å². The monoisotopic (exact) mass is 1100 g/mol. The summed E-state index contributed by atoms with van der Waals surface area (Å²) in [6.45, 7) is 4.91. The van der Waals surface area contributed by atoms with Crippen LogP contribution in [0.4, 0.5) is 13.2 Å². The van der Waals surface area contributed by atoms with Crippen LogP contribution in [-0.4, -0.2) is 133 Å². The quantitative estimate of drug-likeness (QED) is 0.0373. The van der Waals surface area contributed by atoms with Gasteiger partial charge in [-0.1, -0.05) is 36.9 Å². The van der Waals surface area contributed by atoms with E-state index in [1.54, 1.807) is 12.3 Å². The van der Waals surface area contributed by atoms with Crippen molar-refractivity contribution in [2.24, 2.45) is 44.4 Å². The molecule has 0 spiro atoms. The van der Waals surface area contributed by atoms with Crippen molar-refractivity contribution in [2.45, 2.75) is 126 Å². The second-order valence-electron chi connectivity index (χ2n) is 18.7. The van der Waals surface area contributed by atoms with Crippen molar-refractivity contribution in [1.82, 2.24) is 47.5 Å². The van der Waals surface area contributed by atoms with Crippen LogP contribution in [-0.2, 0) is 57.4 Å². The summed E-state index contributed by atoms with van der Waals surface area (Å²) in [6, 6.07) is 1.36. The van der Waals surface area contributed by atoms with Crippen molar-refractivity contribution >= 4 is 70.1 Å². The molecule has 25 nitrogen and oxygen atoms in total. The SMILES string of the molecule is C=C(N)C1CCCNC(=O)CC[C@H](NC(=O)[C@H](CCCN=C(N)N)NC(C)=O)C(=O)N[C@@H](CCN)C(=O)N[C@H](Cc2ccc(C(F)(F)F)cc2)C(=O)N[C@@H](CCCN=C(N)N)C(=O)N[C@@H](Cc2c[nH]c3ccccc23)C(=O)N1. The summed E-state index contributed by atoms with van der Waals surface area (Å²) in [5, 5.41) is 21.9. The lowest BCUT2D eigenvalue weighted by Crippen LogP contribution is -2.60. The number of rotatable bonds is 18. The van der Waals surface area contributed by atoms with E-state index in [9.17, 15) is 51.5 Å². The van der Waals surface area contributed by atoms with Crippen LogP contribution in [0, 0.1) is 0 Å². The van der Waals surface area contributed by atoms with E-state index in [2.05, 4.69) is 64.1 Å². The minimum atomic E-state index is -4.71. The van der Waals surface area contributed by atoms with Crippen LogP contribution < -0.4 is 76.9 Å². The summed E-state index contributed by atoms with van der Waals surface area (Å²) in [6.07, 6.45) is -3.99. The molecule has 0 saturated carbocycles. The van der Waals surface area contributed by atoms with E-state index in [0.29, 0.717) is 5.56 Å². The number of fused-ring (bicyclic) bond motifs is 1. The van der Waals surface area contributed by atoms with Crippen molar-refractivity contribution in [3.05, 3.63) is 83.7 Å². The molecule has 1 unspecified atom stereocenters. The second kappa shape index (κ2) is 30.3. The van der Waals surface area contributed by atoms with Crippen molar-refractivity contribution in [1.29, 1.82) is 0 Å². The maximum atomic E-state index is 14.6. The highest BCUT2D eigenvalue weighted by Gasteiger charge is 2.35. The van der Waals surface area contributed by atoms with Gasteiger partial charge in [0.1, 0.15) is 36.3 Å². The first-order chi connectivity index (χ1) is 36.9. The van der Waals surface area contributed by atoms with Crippen LogP contribution in [0.15, 0.2) is 77.0 Å². The number of hydrogen-bond donors (Lipinski definition) is 15. The summed E-state index contributed by atoms with van der Waals surface area (Å²) in [5.74, 6) is -7.02. The molecule has 0 aliphatic carbocycles. The smallest absolute Gasteiger partial charge is 0.401 e. The number of para-hydroxylation sites is 1. The van der Waals surface area contributed by atoms with E-state index in [1.807, 2.05) is 18.2 Å². The molecule has 3 aromatic rings. The lowest BCUT2D eigenvalue weighted by Gasteiger charge is -2.28. The van der Waals surface area contributed by atoms with Gasteiger partial charge in [0.2, 0.25) is 47.3 Å². The molecule has 2 aromatic carbocycles. The number of nitrogens with zero attached hydrogens (tertiary/aromatic N) is 2. The van der Waals surface area contributed by atoms with Crippen molar-refractivity contribution in [3.63, 3.8) is 0 Å². The number of amides is 8.